The summed E-state index contributed by atoms with van der Waals surface area (Å²) in [6, 6.07) is 20.0. The normalized spacial score (nSPS) is 14.8. The highest BCUT2D eigenvalue weighted by Crippen LogP contribution is 2.18. The molecule has 7 nitrogen and oxygen atoms in total. The number of carbonyl (C=O) groups excluding carboxylic acids is 3. The summed E-state index contributed by atoms with van der Waals surface area (Å²) in [4.78, 5) is 38.2. The Labute approximate surface area is 173 Å². The molecule has 2 aromatic carbocycles. The van der Waals surface area contributed by atoms with E-state index in [4.69, 9.17) is 0 Å². The molecule has 1 aromatic heterocycles. The Balaban J connectivity index is 1.49. The van der Waals surface area contributed by atoms with E-state index in [0.29, 0.717) is 5.69 Å². The molecule has 0 aliphatic carbocycles. The second kappa shape index (κ2) is 8.08. The van der Waals surface area contributed by atoms with Gasteiger partial charge in [-0.05, 0) is 55.0 Å². The van der Waals surface area contributed by atoms with Crippen LogP contribution in [0.25, 0.3) is 11.8 Å². The first-order valence-corrected chi connectivity index (χ1v) is 9.45. The highest BCUT2D eigenvalue weighted by atomic mass is 16.2. The predicted octanol–water partition coefficient (Wildman–Crippen LogP) is 3.32. The van der Waals surface area contributed by atoms with Crippen LogP contribution in [0, 0.1) is 6.92 Å². The molecular formula is C23H20N4O3. The average molecular weight is 400 g/mol. The van der Waals surface area contributed by atoms with Gasteiger partial charge < -0.3 is 15.2 Å². The van der Waals surface area contributed by atoms with E-state index in [-0.39, 0.29) is 12.2 Å². The molecule has 0 spiro atoms. The number of hydrogen-bond donors (Lipinski definition) is 2. The number of hydrogen-bond acceptors (Lipinski definition) is 3. The number of imide groups is 1. The molecule has 1 saturated heterocycles. The van der Waals surface area contributed by atoms with Crippen molar-refractivity contribution in [1.29, 1.82) is 0 Å². The molecule has 1 fully saturated rings. The van der Waals surface area contributed by atoms with Crippen molar-refractivity contribution in [3.63, 3.8) is 0 Å². The Morgan fingerprint density at radius 2 is 1.83 bits per heavy atom. The molecule has 3 aromatic rings. The number of aromatic nitrogens is 1. The van der Waals surface area contributed by atoms with Crippen LogP contribution in [0.1, 0.15) is 11.3 Å². The van der Waals surface area contributed by atoms with Gasteiger partial charge in [0.15, 0.2) is 0 Å². The van der Waals surface area contributed by atoms with Gasteiger partial charge in [-0.25, -0.2) is 9.69 Å². The summed E-state index contributed by atoms with van der Waals surface area (Å²) in [5.41, 5.74) is 3.40. The molecule has 7 heteroatoms. The van der Waals surface area contributed by atoms with Crippen LogP contribution in [-0.4, -0.2) is 33.9 Å². The summed E-state index contributed by atoms with van der Waals surface area (Å²) in [6.45, 7) is 1.55. The van der Waals surface area contributed by atoms with Gasteiger partial charge in [-0.15, -0.1) is 0 Å². The van der Waals surface area contributed by atoms with Gasteiger partial charge in [0.2, 0.25) is 5.91 Å². The lowest BCUT2D eigenvalue weighted by atomic mass is 10.2. The lowest BCUT2D eigenvalue weighted by molar-refractivity contribution is -0.127. The number of para-hydroxylation sites is 1. The van der Waals surface area contributed by atoms with Gasteiger partial charge in [-0.2, -0.15) is 0 Å². The molecular weight excluding hydrogens is 380 g/mol. The van der Waals surface area contributed by atoms with E-state index in [1.807, 2.05) is 78.4 Å². The summed E-state index contributed by atoms with van der Waals surface area (Å²) < 4.78 is 1.90. The largest absolute Gasteiger partial charge is 0.329 e. The molecule has 0 unspecified atom stereocenters. The molecule has 150 valence electrons. The van der Waals surface area contributed by atoms with Crippen LogP contribution >= 0.6 is 0 Å². The van der Waals surface area contributed by atoms with Crippen molar-refractivity contribution >= 4 is 29.6 Å². The van der Waals surface area contributed by atoms with Gasteiger partial charge in [0.25, 0.3) is 5.91 Å². The number of urea groups is 1. The second-order valence-corrected chi connectivity index (χ2v) is 6.94. The van der Waals surface area contributed by atoms with Crippen molar-refractivity contribution < 1.29 is 14.4 Å². The maximum atomic E-state index is 12.7. The third kappa shape index (κ3) is 4.00. The zero-order valence-corrected chi connectivity index (χ0v) is 16.3. The molecule has 2 N–H and O–H groups in total. The van der Waals surface area contributed by atoms with Crippen molar-refractivity contribution in [3.05, 3.63) is 89.9 Å². The number of nitrogens with zero attached hydrogens (tertiary/aromatic N) is 2. The Morgan fingerprint density at radius 1 is 1.03 bits per heavy atom. The third-order valence-corrected chi connectivity index (χ3v) is 4.67. The minimum Gasteiger partial charge on any atom is -0.325 e. The van der Waals surface area contributed by atoms with Gasteiger partial charge in [0.05, 0.1) is 0 Å². The maximum absolute atomic E-state index is 12.7. The average Bonchev–Trinajstić information content (AvgIpc) is 3.29. The summed E-state index contributed by atoms with van der Waals surface area (Å²) >= 11 is 0. The van der Waals surface area contributed by atoms with Crippen LogP contribution in [0.15, 0.2) is 78.6 Å². The highest BCUT2D eigenvalue weighted by molar-refractivity contribution is 6.15. The van der Waals surface area contributed by atoms with Crippen molar-refractivity contribution in [3.8, 4) is 5.69 Å². The van der Waals surface area contributed by atoms with Crippen LogP contribution in [-0.2, 0) is 9.59 Å². The van der Waals surface area contributed by atoms with E-state index in [9.17, 15) is 14.4 Å². The minimum absolute atomic E-state index is 0.124. The monoisotopic (exact) mass is 400 g/mol. The van der Waals surface area contributed by atoms with Crippen molar-refractivity contribution in [2.24, 2.45) is 0 Å². The summed E-state index contributed by atoms with van der Waals surface area (Å²) in [5, 5.41) is 5.26. The van der Waals surface area contributed by atoms with Gasteiger partial charge in [0, 0.05) is 23.3 Å². The fourth-order valence-electron chi connectivity index (χ4n) is 3.27. The van der Waals surface area contributed by atoms with Crippen molar-refractivity contribution in [1.82, 2.24) is 14.8 Å². The Hall–Kier alpha value is -4.13. The SMILES string of the molecule is Cc1cccc(NC(=O)CN2C(=O)N/C(=C\c3cccn3-c3ccccc3)C2=O)c1. The Kier molecular flexibility index (Phi) is 5.17. The van der Waals surface area contributed by atoms with Crippen LogP contribution in [0.3, 0.4) is 0 Å². The molecule has 1 aliphatic rings. The Morgan fingerprint density at radius 3 is 2.60 bits per heavy atom. The molecule has 1 aliphatic heterocycles. The van der Waals surface area contributed by atoms with E-state index in [0.717, 1.165) is 21.8 Å². The zero-order valence-electron chi connectivity index (χ0n) is 16.3. The molecule has 2 heterocycles. The molecule has 0 bridgehead atoms. The first-order chi connectivity index (χ1) is 14.5. The number of anilines is 1. The molecule has 0 atom stereocenters. The molecule has 4 rings (SSSR count). The van der Waals surface area contributed by atoms with Gasteiger partial charge in [-0.1, -0.05) is 30.3 Å². The second-order valence-electron chi connectivity index (χ2n) is 6.94. The fourth-order valence-corrected chi connectivity index (χ4v) is 3.27. The minimum atomic E-state index is -0.622. The predicted molar refractivity (Wildman–Crippen MR) is 114 cm³/mol. The number of benzene rings is 2. The summed E-state index contributed by atoms with van der Waals surface area (Å²) in [5.74, 6) is -0.988. The van der Waals surface area contributed by atoms with Gasteiger partial charge in [-0.3, -0.25) is 9.59 Å². The van der Waals surface area contributed by atoms with E-state index >= 15 is 0 Å². The number of rotatable bonds is 5. The van der Waals surface area contributed by atoms with Crippen LogP contribution < -0.4 is 10.6 Å². The third-order valence-electron chi connectivity index (χ3n) is 4.67. The molecule has 4 amide bonds. The van der Waals surface area contributed by atoms with Crippen molar-refractivity contribution in [2.45, 2.75) is 6.92 Å². The van der Waals surface area contributed by atoms with E-state index in [1.165, 1.54) is 0 Å². The number of amides is 4. The smallest absolute Gasteiger partial charge is 0.325 e. The van der Waals surface area contributed by atoms with Crippen LogP contribution in [0.5, 0.6) is 0 Å². The lowest BCUT2D eigenvalue weighted by Gasteiger charge is -2.12. The first kappa shape index (κ1) is 19.2. The van der Waals surface area contributed by atoms with Crippen LogP contribution in [0.2, 0.25) is 0 Å². The number of nitrogens with one attached hydrogen (secondary N) is 2. The standard InChI is InChI=1S/C23H20N4O3/c1-16-7-5-8-17(13-16)24-21(28)15-27-22(29)20(25-23(27)30)14-19-11-6-12-26(19)18-9-3-2-4-10-18/h2-14H,15H2,1H3,(H,24,28)(H,25,30)/b20-14-. The number of carbonyl (C=O) groups is 3. The topological polar surface area (TPSA) is 83.4 Å². The fraction of sp³-hybridized carbons (Fsp3) is 0.0870. The molecule has 30 heavy (non-hydrogen) atoms. The highest BCUT2D eigenvalue weighted by Gasteiger charge is 2.35. The quantitative estimate of drug-likeness (QED) is 0.509. The molecule has 0 saturated carbocycles. The van der Waals surface area contributed by atoms with E-state index in [2.05, 4.69) is 10.6 Å². The summed E-state index contributed by atoms with van der Waals surface area (Å²) in [7, 11) is 0. The summed E-state index contributed by atoms with van der Waals surface area (Å²) in [6.07, 6.45) is 3.47. The maximum Gasteiger partial charge on any atom is 0.329 e. The van der Waals surface area contributed by atoms with E-state index in [1.54, 1.807) is 12.1 Å². The van der Waals surface area contributed by atoms with Crippen molar-refractivity contribution in [2.75, 3.05) is 11.9 Å². The van der Waals surface area contributed by atoms with Gasteiger partial charge in [0.1, 0.15) is 12.2 Å². The molecule has 0 radical (unpaired) electrons. The van der Waals surface area contributed by atoms with E-state index < -0.39 is 17.8 Å². The first-order valence-electron chi connectivity index (χ1n) is 9.45. The zero-order chi connectivity index (χ0) is 21.1. The lowest BCUT2D eigenvalue weighted by Crippen LogP contribution is -2.38. The van der Waals surface area contributed by atoms with Crippen LogP contribution in [0.4, 0.5) is 10.5 Å². The van der Waals surface area contributed by atoms with Gasteiger partial charge >= 0.3 is 6.03 Å². The number of aryl methyl sites for hydroxylation is 1. The Bertz CT molecular complexity index is 1150.